The van der Waals surface area contributed by atoms with Gasteiger partial charge in [-0.2, -0.15) is 9.50 Å². The number of hydrogen-bond acceptors (Lipinski definition) is 6. The highest BCUT2D eigenvalue weighted by Crippen LogP contribution is 2.31. The van der Waals surface area contributed by atoms with Gasteiger partial charge in [0.2, 0.25) is 4.96 Å². The molecule has 0 bridgehead atoms. The van der Waals surface area contributed by atoms with Gasteiger partial charge >= 0.3 is 0 Å². The number of rotatable bonds is 5. The van der Waals surface area contributed by atoms with Crippen LogP contribution in [0.25, 0.3) is 34.5 Å². The van der Waals surface area contributed by atoms with Crippen LogP contribution < -0.4 is 14.8 Å². The average molecular weight is 496 g/mol. The highest BCUT2D eigenvalue weighted by Gasteiger charge is 2.11. The summed E-state index contributed by atoms with van der Waals surface area (Å²) in [5, 5.41) is 5.34. The van der Waals surface area contributed by atoms with Crippen molar-refractivity contribution < 1.29 is 9.15 Å². The summed E-state index contributed by atoms with van der Waals surface area (Å²) in [6.45, 7) is 0. The van der Waals surface area contributed by atoms with Gasteiger partial charge in [-0.25, -0.2) is 0 Å². The number of benzene rings is 2. The maximum absolute atomic E-state index is 12.8. The third-order valence-corrected chi connectivity index (χ3v) is 6.34. The van der Waals surface area contributed by atoms with Crippen LogP contribution in [0.1, 0.15) is 17.1 Å². The summed E-state index contributed by atoms with van der Waals surface area (Å²) in [5.41, 5.74) is 1.44. The molecule has 0 unspecified atom stereocenters. The van der Waals surface area contributed by atoms with Gasteiger partial charge in [0, 0.05) is 16.7 Å². The normalized spacial score (nSPS) is 12.3. The number of ether oxygens (including phenoxy) is 1. The second kappa shape index (κ2) is 8.86. The zero-order valence-electron chi connectivity index (χ0n) is 17.2. The Kier molecular flexibility index (Phi) is 5.76. The quantitative estimate of drug-likeness (QED) is 0.324. The first-order valence-electron chi connectivity index (χ1n) is 9.79. The van der Waals surface area contributed by atoms with Gasteiger partial charge in [-0.05, 0) is 54.1 Å². The van der Waals surface area contributed by atoms with Crippen LogP contribution in [0.2, 0.25) is 10.0 Å². The fourth-order valence-corrected chi connectivity index (χ4v) is 4.60. The van der Waals surface area contributed by atoms with Gasteiger partial charge < -0.3 is 9.15 Å². The van der Waals surface area contributed by atoms with Crippen LogP contribution in [0.4, 0.5) is 0 Å². The Labute approximate surface area is 202 Å². The molecule has 0 spiro atoms. The number of hydrogen-bond donors (Lipinski definition) is 0. The van der Waals surface area contributed by atoms with Crippen LogP contribution in [-0.4, -0.2) is 21.7 Å². The molecule has 33 heavy (non-hydrogen) atoms. The van der Waals surface area contributed by atoms with E-state index >= 15 is 0 Å². The van der Waals surface area contributed by atoms with E-state index in [1.54, 1.807) is 49.6 Å². The lowest BCUT2D eigenvalue weighted by atomic mass is 10.2. The smallest absolute Gasteiger partial charge is 0.291 e. The topological polar surface area (TPSA) is 69.6 Å². The minimum absolute atomic E-state index is 0.255. The molecule has 164 valence electrons. The monoisotopic (exact) mass is 495 g/mol. The van der Waals surface area contributed by atoms with Crippen LogP contribution in [0.5, 0.6) is 5.75 Å². The van der Waals surface area contributed by atoms with Gasteiger partial charge in [-0.15, -0.1) is 5.10 Å². The largest absolute Gasteiger partial charge is 0.497 e. The first kappa shape index (κ1) is 21.5. The molecule has 5 aromatic rings. The number of thiazole rings is 1. The third kappa shape index (κ3) is 4.43. The summed E-state index contributed by atoms with van der Waals surface area (Å²) in [6.07, 6.45) is 5.31. The lowest BCUT2D eigenvalue weighted by Gasteiger charge is -2.00. The highest BCUT2D eigenvalue weighted by molar-refractivity contribution is 7.15. The Morgan fingerprint density at radius 1 is 1.06 bits per heavy atom. The van der Waals surface area contributed by atoms with E-state index in [4.69, 9.17) is 32.4 Å². The number of fused-ring (bicyclic) bond motifs is 1. The molecule has 0 amide bonds. The summed E-state index contributed by atoms with van der Waals surface area (Å²) in [4.78, 5) is 17.7. The van der Waals surface area contributed by atoms with Gasteiger partial charge in [0.1, 0.15) is 21.8 Å². The van der Waals surface area contributed by atoms with Crippen molar-refractivity contribution in [1.29, 1.82) is 0 Å². The molecule has 9 heteroatoms. The Hall–Kier alpha value is -3.39. The van der Waals surface area contributed by atoms with E-state index in [0.29, 0.717) is 36.9 Å². The maximum Gasteiger partial charge on any atom is 0.291 e. The van der Waals surface area contributed by atoms with E-state index in [1.807, 2.05) is 30.3 Å². The molecule has 0 aliphatic rings. The van der Waals surface area contributed by atoms with Crippen molar-refractivity contribution in [3.8, 4) is 17.1 Å². The Balaban J connectivity index is 1.41. The van der Waals surface area contributed by atoms with E-state index in [1.165, 1.54) is 15.9 Å². The minimum atomic E-state index is -0.255. The van der Waals surface area contributed by atoms with Crippen LogP contribution in [-0.2, 0) is 0 Å². The van der Waals surface area contributed by atoms with E-state index in [-0.39, 0.29) is 5.56 Å². The molecule has 3 heterocycles. The molecule has 0 radical (unpaired) electrons. The Morgan fingerprint density at radius 2 is 1.88 bits per heavy atom. The molecule has 6 nitrogen and oxygen atoms in total. The molecule has 0 saturated heterocycles. The van der Waals surface area contributed by atoms with Gasteiger partial charge in [-0.3, -0.25) is 4.79 Å². The second-order valence-electron chi connectivity index (χ2n) is 7.01. The lowest BCUT2D eigenvalue weighted by molar-refractivity contribution is 0.415. The molecule has 0 N–H and O–H groups in total. The van der Waals surface area contributed by atoms with E-state index in [2.05, 4.69) is 10.1 Å². The summed E-state index contributed by atoms with van der Waals surface area (Å²) in [5.74, 6) is 2.35. The van der Waals surface area contributed by atoms with Crippen molar-refractivity contribution in [3.63, 3.8) is 0 Å². The maximum atomic E-state index is 12.8. The molecule has 0 fully saturated rings. The van der Waals surface area contributed by atoms with Crippen molar-refractivity contribution >= 4 is 57.7 Å². The zero-order chi connectivity index (χ0) is 22.9. The lowest BCUT2D eigenvalue weighted by Crippen LogP contribution is -2.23. The molecular formula is C24H15Cl2N3O3S. The van der Waals surface area contributed by atoms with E-state index in [9.17, 15) is 4.79 Å². The van der Waals surface area contributed by atoms with Crippen LogP contribution >= 0.6 is 34.5 Å². The Bertz CT molecular complexity index is 1600. The minimum Gasteiger partial charge on any atom is -0.497 e. The second-order valence-corrected chi connectivity index (χ2v) is 8.87. The summed E-state index contributed by atoms with van der Waals surface area (Å²) >= 11 is 13.5. The molecule has 0 atom stereocenters. The summed E-state index contributed by atoms with van der Waals surface area (Å²) in [6, 6.07) is 16.4. The highest BCUT2D eigenvalue weighted by atomic mass is 35.5. The summed E-state index contributed by atoms with van der Waals surface area (Å²) < 4.78 is 12.8. The molecule has 5 rings (SSSR count). The zero-order valence-corrected chi connectivity index (χ0v) is 19.5. The summed E-state index contributed by atoms with van der Waals surface area (Å²) in [7, 11) is 1.62. The van der Waals surface area contributed by atoms with Crippen molar-refractivity contribution in [2.75, 3.05) is 7.11 Å². The van der Waals surface area contributed by atoms with Crippen molar-refractivity contribution in [1.82, 2.24) is 14.6 Å². The van der Waals surface area contributed by atoms with E-state index < -0.39 is 0 Å². The molecule has 0 aliphatic heterocycles. The molecule has 0 aliphatic carbocycles. The average Bonchev–Trinajstić information content (AvgIpc) is 3.50. The first-order valence-corrected chi connectivity index (χ1v) is 11.4. The standard InChI is InChI=1S/C24H15Cl2N3O3S/c1-31-16-6-2-14(3-7-16)4-11-22-27-24-29(28-22)23(30)21(33-24)13-17-8-10-20(32-17)18-9-5-15(25)12-19(18)26/h2-13H,1H3/b11-4+,21-13-. The molecule has 2 aromatic carbocycles. The van der Waals surface area contributed by atoms with Crippen LogP contribution in [0, 0.1) is 0 Å². The fraction of sp³-hybridized carbons (Fsp3) is 0.0417. The Morgan fingerprint density at radius 3 is 2.61 bits per heavy atom. The SMILES string of the molecule is COc1ccc(/C=C/c2nc3s/c(=C\c4ccc(-c5ccc(Cl)cc5Cl)o4)c(=O)n3n2)cc1. The third-order valence-electron chi connectivity index (χ3n) is 4.84. The van der Waals surface area contributed by atoms with Gasteiger partial charge in [0.15, 0.2) is 5.82 Å². The molecular weight excluding hydrogens is 481 g/mol. The molecule has 0 saturated carbocycles. The fourth-order valence-electron chi connectivity index (χ4n) is 3.20. The number of nitrogens with zero attached hydrogens (tertiary/aromatic N) is 3. The number of halogens is 2. The van der Waals surface area contributed by atoms with E-state index in [0.717, 1.165) is 16.9 Å². The number of methoxy groups -OCH3 is 1. The number of furan rings is 1. The van der Waals surface area contributed by atoms with Crippen LogP contribution in [0.15, 0.2) is 63.8 Å². The predicted molar refractivity (Wildman–Crippen MR) is 132 cm³/mol. The van der Waals surface area contributed by atoms with Crippen molar-refractivity contribution in [3.05, 3.63) is 96.7 Å². The first-order chi connectivity index (χ1) is 16.0. The number of aromatic nitrogens is 3. The molecule has 3 aromatic heterocycles. The predicted octanol–water partition coefficient (Wildman–Crippen LogP) is 5.44. The van der Waals surface area contributed by atoms with Crippen molar-refractivity contribution in [2.24, 2.45) is 0 Å². The van der Waals surface area contributed by atoms with Gasteiger partial charge in [0.05, 0.1) is 12.1 Å². The van der Waals surface area contributed by atoms with Crippen molar-refractivity contribution in [2.45, 2.75) is 0 Å². The van der Waals surface area contributed by atoms with Gasteiger partial charge in [-0.1, -0.05) is 52.7 Å². The van der Waals surface area contributed by atoms with Crippen LogP contribution in [0.3, 0.4) is 0 Å². The van der Waals surface area contributed by atoms with Gasteiger partial charge in [0.25, 0.3) is 5.56 Å².